The number of carbonyl (C=O) groups excluding carboxylic acids is 1. The molecule has 1 aromatic carbocycles. The number of aryl methyl sites for hydroxylation is 1. The summed E-state index contributed by atoms with van der Waals surface area (Å²) >= 11 is 0. The Balaban J connectivity index is 1.32. The number of nitrogens with zero attached hydrogens (tertiary/aromatic N) is 6. The second kappa shape index (κ2) is 8.25. The van der Waals surface area contributed by atoms with Crippen molar-refractivity contribution in [2.75, 3.05) is 13.1 Å². The van der Waals surface area contributed by atoms with Crippen molar-refractivity contribution in [1.29, 1.82) is 0 Å². The SMILES string of the molecule is Cc1ccc(C(=O)N2CCC(O)(Cn3cnc4c(cnn4-c4ccccc4)c3=O)CC2)cn1. The van der Waals surface area contributed by atoms with E-state index >= 15 is 0 Å². The Bertz CT molecular complexity index is 1350. The maximum Gasteiger partial charge on any atom is 0.264 e. The van der Waals surface area contributed by atoms with Gasteiger partial charge >= 0.3 is 0 Å². The largest absolute Gasteiger partial charge is 0.388 e. The summed E-state index contributed by atoms with van der Waals surface area (Å²) in [5, 5.41) is 15.9. The van der Waals surface area contributed by atoms with E-state index in [1.807, 2.05) is 43.3 Å². The van der Waals surface area contributed by atoms with E-state index in [0.29, 0.717) is 42.5 Å². The quantitative estimate of drug-likeness (QED) is 0.516. The van der Waals surface area contributed by atoms with Crippen molar-refractivity contribution in [2.45, 2.75) is 31.9 Å². The van der Waals surface area contributed by atoms with Gasteiger partial charge in [-0.25, -0.2) is 9.67 Å². The van der Waals surface area contributed by atoms with Crippen molar-refractivity contribution in [3.05, 3.63) is 82.8 Å². The minimum absolute atomic E-state index is 0.0990. The molecule has 1 N–H and O–H groups in total. The molecule has 3 aromatic heterocycles. The molecule has 0 aliphatic carbocycles. The average Bonchev–Trinajstić information content (AvgIpc) is 3.27. The fourth-order valence-electron chi connectivity index (χ4n) is 4.20. The molecule has 0 bridgehead atoms. The minimum atomic E-state index is -1.10. The second-order valence-electron chi connectivity index (χ2n) is 8.51. The lowest BCUT2D eigenvalue weighted by Crippen LogP contribution is -2.49. The summed E-state index contributed by atoms with van der Waals surface area (Å²) < 4.78 is 3.06. The Morgan fingerprint density at radius 3 is 2.52 bits per heavy atom. The maximum atomic E-state index is 13.1. The number of hydrogen-bond donors (Lipinski definition) is 1. The highest BCUT2D eigenvalue weighted by molar-refractivity contribution is 5.94. The lowest BCUT2D eigenvalue weighted by Gasteiger charge is -2.38. The van der Waals surface area contributed by atoms with Gasteiger partial charge < -0.3 is 10.0 Å². The summed E-state index contributed by atoms with van der Waals surface area (Å²) in [7, 11) is 0. The fourth-order valence-corrected chi connectivity index (χ4v) is 4.20. The van der Waals surface area contributed by atoms with Gasteiger partial charge in [-0.1, -0.05) is 18.2 Å². The number of hydrogen-bond acceptors (Lipinski definition) is 6. The van der Waals surface area contributed by atoms with Gasteiger partial charge in [0.25, 0.3) is 11.5 Å². The van der Waals surface area contributed by atoms with Crippen LogP contribution in [0.2, 0.25) is 0 Å². The topological polar surface area (TPSA) is 106 Å². The van der Waals surface area contributed by atoms with E-state index in [4.69, 9.17) is 0 Å². The van der Waals surface area contributed by atoms with Crippen LogP contribution >= 0.6 is 0 Å². The van der Waals surface area contributed by atoms with Crippen molar-refractivity contribution in [1.82, 2.24) is 29.2 Å². The van der Waals surface area contributed by atoms with Crippen molar-refractivity contribution < 1.29 is 9.90 Å². The Hall–Kier alpha value is -3.85. The Kier molecular flexibility index (Phi) is 5.26. The van der Waals surface area contributed by atoms with Crippen LogP contribution in [-0.4, -0.2) is 58.9 Å². The fraction of sp³-hybridized carbons (Fsp3) is 0.292. The normalized spacial score (nSPS) is 15.6. The molecule has 0 unspecified atom stereocenters. The molecular formula is C24H24N6O3. The number of benzene rings is 1. The van der Waals surface area contributed by atoms with Crippen LogP contribution in [0.5, 0.6) is 0 Å². The molecule has 4 aromatic rings. The van der Waals surface area contributed by atoms with Crippen LogP contribution in [0.4, 0.5) is 0 Å². The summed E-state index contributed by atoms with van der Waals surface area (Å²) in [6.07, 6.45) is 5.28. The number of piperidine rings is 1. The van der Waals surface area contributed by atoms with Gasteiger partial charge in [-0.05, 0) is 44.0 Å². The Labute approximate surface area is 189 Å². The number of fused-ring (bicyclic) bond motifs is 1. The molecule has 0 spiro atoms. The number of carbonyl (C=O) groups is 1. The smallest absolute Gasteiger partial charge is 0.264 e. The van der Waals surface area contributed by atoms with Crippen LogP contribution in [0.15, 0.2) is 66.0 Å². The minimum Gasteiger partial charge on any atom is -0.388 e. The van der Waals surface area contributed by atoms with Crippen LogP contribution in [0.3, 0.4) is 0 Å². The van der Waals surface area contributed by atoms with E-state index in [2.05, 4.69) is 15.1 Å². The third-order valence-corrected chi connectivity index (χ3v) is 6.16. The van der Waals surface area contributed by atoms with E-state index in [0.717, 1.165) is 11.4 Å². The first-order valence-corrected chi connectivity index (χ1v) is 10.9. The molecule has 168 valence electrons. The third kappa shape index (κ3) is 4.03. The lowest BCUT2D eigenvalue weighted by atomic mass is 9.91. The van der Waals surface area contributed by atoms with Crippen molar-refractivity contribution in [2.24, 2.45) is 0 Å². The summed E-state index contributed by atoms with van der Waals surface area (Å²) in [5.74, 6) is -0.0990. The van der Waals surface area contributed by atoms with E-state index in [-0.39, 0.29) is 18.0 Å². The van der Waals surface area contributed by atoms with Gasteiger partial charge in [0, 0.05) is 25.0 Å². The second-order valence-corrected chi connectivity index (χ2v) is 8.51. The van der Waals surface area contributed by atoms with E-state index < -0.39 is 5.60 Å². The van der Waals surface area contributed by atoms with Crippen LogP contribution in [0.1, 0.15) is 28.9 Å². The highest BCUT2D eigenvalue weighted by Crippen LogP contribution is 2.25. The van der Waals surface area contributed by atoms with Gasteiger partial charge in [-0.2, -0.15) is 5.10 Å². The average molecular weight is 444 g/mol. The highest BCUT2D eigenvalue weighted by Gasteiger charge is 2.35. The highest BCUT2D eigenvalue weighted by atomic mass is 16.3. The Morgan fingerprint density at radius 2 is 1.82 bits per heavy atom. The molecule has 33 heavy (non-hydrogen) atoms. The number of para-hydroxylation sites is 1. The van der Waals surface area contributed by atoms with Crippen molar-refractivity contribution in [3.8, 4) is 5.69 Å². The van der Waals surface area contributed by atoms with E-state index in [9.17, 15) is 14.7 Å². The van der Waals surface area contributed by atoms with Gasteiger partial charge in [0.2, 0.25) is 0 Å². The van der Waals surface area contributed by atoms with E-state index in [1.165, 1.54) is 17.1 Å². The molecule has 0 radical (unpaired) electrons. The number of pyridine rings is 1. The number of aromatic nitrogens is 5. The number of aliphatic hydroxyl groups is 1. The van der Waals surface area contributed by atoms with Crippen molar-refractivity contribution >= 4 is 16.9 Å². The molecule has 1 aliphatic rings. The van der Waals surface area contributed by atoms with Gasteiger partial charge in [-0.15, -0.1) is 0 Å². The molecule has 0 atom stereocenters. The first kappa shape index (κ1) is 21.0. The monoisotopic (exact) mass is 444 g/mol. The summed E-state index contributed by atoms with van der Waals surface area (Å²) in [6.45, 7) is 2.79. The first-order valence-electron chi connectivity index (χ1n) is 10.9. The first-order chi connectivity index (χ1) is 15.9. The maximum absolute atomic E-state index is 13.1. The zero-order valence-corrected chi connectivity index (χ0v) is 18.3. The lowest BCUT2D eigenvalue weighted by molar-refractivity contribution is -0.0299. The summed E-state index contributed by atoms with van der Waals surface area (Å²) in [5.41, 5.74) is 1.33. The zero-order chi connectivity index (χ0) is 23.0. The molecule has 1 amide bonds. The molecule has 9 heteroatoms. The predicted octanol–water partition coefficient (Wildman–Crippen LogP) is 1.95. The summed E-state index contributed by atoms with van der Waals surface area (Å²) in [4.78, 5) is 36.1. The summed E-state index contributed by atoms with van der Waals surface area (Å²) in [6, 6.07) is 13.1. The van der Waals surface area contributed by atoms with Gasteiger partial charge in [0.15, 0.2) is 5.65 Å². The molecule has 4 heterocycles. The molecular weight excluding hydrogens is 420 g/mol. The Morgan fingerprint density at radius 1 is 1.06 bits per heavy atom. The van der Waals surface area contributed by atoms with Crippen LogP contribution in [0.25, 0.3) is 16.7 Å². The van der Waals surface area contributed by atoms with Crippen LogP contribution in [-0.2, 0) is 6.54 Å². The number of amides is 1. The third-order valence-electron chi connectivity index (χ3n) is 6.16. The standard InChI is InChI=1S/C24H24N6O3/c1-17-7-8-18(13-25-17)22(31)28-11-9-24(33,10-12-28)15-29-16-26-21-20(23(29)32)14-27-30(21)19-5-3-2-4-6-19/h2-8,13-14,16,33H,9-12,15H2,1H3. The van der Waals surface area contributed by atoms with Gasteiger partial charge in [0.1, 0.15) is 11.7 Å². The van der Waals surface area contributed by atoms with Crippen molar-refractivity contribution in [3.63, 3.8) is 0 Å². The molecule has 1 aliphatic heterocycles. The molecule has 1 saturated heterocycles. The molecule has 1 fully saturated rings. The van der Waals surface area contributed by atoms with Gasteiger partial charge in [0.05, 0.1) is 29.6 Å². The number of likely N-dealkylation sites (tertiary alicyclic amines) is 1. The molecule has 5 rings (SSSR count). The molecule has 0 saturated carbocycles. The molecule has 9 nitrogen and oxygen atoms in total. The van der Waals surface area contributed by atoms with Crippen LogP contribution < -0.4 is 5.56 Å². The zero-order valence-electron chi connectivity index (χ0n) is 18.3. The van der Waals surface area contributed by atoms with Gasteiger partial charge in [-0.3, -0.25) is 19.1 Å². The van der Waals surface area contributed by atoms with E-state index in [1.54, 1.807) is 21.8 Å². The predicted molar refractivity (Wildman–Crippen MR) is 122 cm³/mol. The number of rotatable bonds is 4. The van der Waals surface area contributed by atoms with Crippen LogP contribution in [0, 0.1) is 6.92 Å².